The Bertz CT molecular complexity index is 2810. The van der Waals surface area contributed by atoms with Crippen molar-refractivity contribution in [3.8, 4) is 44.8 Å². The molecule has 0 spiro atoms. The second-order valence-corrected chi connectivity index (χ2v) is 12.7. The van der Waals surface area contributed by atoms with Gasteiger partial charge in [-0.3, -0.25) is 0 Å². The first kappa shape index (κ1) is 27.6. The van der Waals surface area contributed by atoms with Crippen LogP contribution in [0.1, 0.15) is 0 Å². The van der Waals surface area contributed by atoms with Crippen LogP contribution in [-0.2, 0) is 0 Å². The Morgan fingerprint density at radius 3 is 1.55 bits per heavy atom. The van der Waals surface area contributed by atoms with Crippen LogP contribution in [0.3, 0.4) is 0 Å². The predicted octanol–water partition coefficient (Wildman–Crippen LogP) is 13.1. The molecular formula is C47H29NO. The van der Waals surface area contributed by atoms with Crippen molar-refractivity contribution in [2.75, 3.05) is 0 Å². The van der Waals surface area contributed by atoms with Gasteiger partial charge < -0.3 is 4.42 Å². The van der Waals surface area contributed by atoms with Gasteiger partial charge in [0.2, 0.25) is 5.89 Å². The van der Waals surface area contributed by atoms with E-state index in [1.54, 1.807) is 0 Å². The van der Waals surface area contributed by atoms with Crippen LogP contribution in [0.2, 0.25) is 0 Å². The van der Waals surface area contributed by atoms with Crippen LogP contribution >= 0.6 is 0 Å². The van der Waals surface area contributed by atoms with Crippen LogP contribution in [0, 0.1) is 0 Å². The van der Waals surface area contributed by atoms with E-state index in [2.05, 4.69) is 146 Å². The minimum absolute atomic E-state index is 0.643. The van der Waals surface area contributed by atoms with Crippen molar-refractivity contribution in [3.05, 3.63) is 176 Å². The number of fused-ring (bicyclic) bond motifs is 7. The topological polar surface area (TPSA) is 26.0 Å². The number of rotatable bonds is 4. The van der Waals surface area contributed by atoms with Gasteiger partial charge in [0.1, 0.15) is 5.52 Å². The molecule has 0 bridgehead atoms. The number of benzene rings is 9. The SMILES string of the molecule is c1ccc(-c2cccc(-c3c4ccccc4c(-c4ccc5c(ccc6ccc7nc(-c8ccccc8)oc7c65)c4)c4ccccc34)c2)cc1. The Kier molecular flexibility index (Phi) is 6.22. The third kappa shape index (κ3) is 4.46. The quantitative estimate of drug-likeness (QED) is 0.144. The van der Waals surface area contributed by atoms with Gasteiger partial charge in [-0.15, -0.1) is 0 Å². The van der Waals surface area contributed by atoms with Crippen LogP contribution in [0.25, 0.3) is 99.0 Å². The highest BCUT2D eigenvalue weighted by Gasteiger charge is 2.18. The number of aromatic nitrogens is 1. The van der Waals surface area contributed by atoms with Gasteiger partial charge in [-0.05, 0) is 101 Å². The highest BCUT2D eigenvalue weighted by Crippen LogP contribution is 2.45. The summed E-state index contributed by atoms with van der Waals surface area (Å²) in [6.07, 6.45) is 0. The summed E-state index contributed by atoms with van der Waals surface area (Å²) in [5.74, 6) is 0.643. The van der Waals surface area contributed by atoms with E-state index in [1.165, 1.54) is 60.3 Å². The summed E-state index contributed by atoms with van der Waals surface area (Å²) in [5, 5.41) is 9.54. The van der Waals surface area contributed by atoms with E-state index in [9.17, 15) is 0 Å². The molecule has 2 heteroatoms. The van der Waals surface area contributed by atoms with Crippen LogP contribution in [0.4, 0.5) is 0 Å². The van der Waals surface area contributed by atoms with Crippen molar-refractivity contribution in [2.45, 2.75) is 0 Å². The Morgan fingerprint density at radius 1 is 0.347 bits per heavy atom. The lowest BCUT2D eigenvalue weighted by Crippen LogP contribution is -1.91. The average molecular weight is 624 g/mol. The maximum atomic E-state index is 6.49. The monoisotopic (exact) mass is 623 g/mol. The number of hydrogen-bond donors (Lipinski definition) is 0. The second kappa shape index (κ2) is 11.0. The summed E-state index contributed by atoms with van der Waals surface area (Å²) in [5.41, 5.74) is 10.0. The highest BCUT2D eigenvalue weighted by molar-refractivity contribution is 6.23. The zero-order chi connectivity index (χ0) is 32.3. The molecule has 0 N–H and O–H groups in total. The molecule has 10 rings (SSSR count). The summed E-state index contributed by atoms with van der Waals surface area (Å²) in [4.78, 5) is 4.86. The fourth-order valence-corrected chi connectivity index (χ4v) is 7.63. The molecule has 0 aliphatic carbocycles. The molecule has 0 radical (unpaired) electrons. The lowest BCUT2D eigenvalue weighted by atomic mass is 9.85. The predicted molar refractivity (Wildman–Crippen MR) is 206 cm³/mol. The molecule has 49 heavy (non-hydrogen) atoms. The molecule has 228 valence electrons. The summed E-state index contributed by atoms with van der Waals surface area (Å²) in [6.45, 7) is 0. The molecular weight excluding hydrogens is 595 g/mol. The van der Waals surface area contributed by atoms with Gasteiger partial charge in [-0.25, -0.2) is 4.98 Å². The highest BCUT2D eigenvalue weighted by atomic mass is 16.3. The largest absolute Gasteiger partial charge is 0.435 e. The molecule has 0 saturated carbocycles. The van der Waals surface area contributed by atoms with Crippen LogP contribution in [-0.4, -0.2) is 4.98 Å². The molecule has 0 fully saturated rings. The van der Waals surface area contributed by atoms with Crippen LogP contribution in [0.5, 0.6) is 0 Å². The molecule has 1 heterocycles. The second-order valence-electron chi connectivity index (χ2n) is 12.7. The Balaban J connectivity index is 1.20. The maximum absolute atomic E-state index is 6.49. The smallest absolute Gasteiger partial charge is 0.227 e. The summed E-state index contributed by atoms with van der Waals surface area (Å²) >= 11 is 0. The summed E-state index contributed by atoms with van der Waals surface area (Å²) in [7, 11) is 0. The van der Waals surface area contributed by atoms with E-state index in [4.69, 9.17) is 9.40 Å². The van der Waals surface area contributed by atoms with E-state index >= 15 is 0 Å². The lowest BCUT2D eigenvalue weighted by Gasteiger charge is -2.18. The maximum Gasteiger partial charge on any atom is 0.227 e. The lowest BCUT2D eigenvalue weighted by molar-refractivity contribution is 0.623. The molecule has 9 aromatic carbocycles. The van der Waals surface area contributed by atoms with Crippen LogP contribution in [0.15, 0.2) is 180 Å². The Morgan fingerprint density at radius 2 is 0.878 bits per heavy atom. The Labute approximate surface area is 283 Å². The van der Waals surface area contributed by atoms with Crippen molar-refractivity contribution in [2.24, 2.45) is 0 Å². The number of oxazole rings is 1. The minimum Gasteiger partial charge on any atom is -0.435 e. The first-order valence-corrected chi connectivity index (χ1v) is 16.7. The van der Waals surface area contributed by atoms with Gasteiger partial charge >= 0.3 is 0 Å². The van der Waals surface area contributed by atoms with Crippen molar-refractivity contribution in [3.63, 3.8) is 0 Å². The fourth-order valence-electron chi connectivity index (χ4n) is 7.63. The molecule has 0 atom stereocenters. The van der Waals surface area contributed by atoms with Crippen molar-refractivity contribution in [1.82, 2.24) is 4.98 Å². The third-order valence-corrected chi connectivity index (χ3v) is 9.85. The van der Waals surface area contributed by atoms with Crippen molar-refractivity contribution >= 4 is 54.2 Å². The van der Waals surface area contributed by atoms with Crippen LogP contribution < -0.4 is 0 Å². The van der Waals surface area contributed by atoms with Gasteiger partial charge in [0.05, 0.1) is 0 Å². The Hall–Kier alpha value is -6.51. The van der Waals surface area contributed by atoms with Gasteiger partial charge in [0.25, 0.3) is 0 Å². The van der Waals surface area contributed by atoms with E-state index in [-0.39, 0.29) is 0 Å². The molecule has 1 aromatic heterocycles. The van der Waals surface area contributed by atoms with E-state index in [0.717, 1.165) is 32.8 Å². The fraction of sp³-hybridized carbons (Fsp3) is 0. The van der Waals surface area contributed by atoms with E-state index in [0.29, 0.717) is 5.89 Å². The molecule has 2 nitrogen and oxygen atoms in total. The molecule has 0 aliphatic heterocycles. The first-order valence-electron chi connectivity index (χ1n) is 16.7. The van der Waals surface area contributed by atoms with Crippen molar-refractivity contribution < 1.29 is 4.42 Å². The van der Waals surface area contributed by atoms with E-state index < -0.39 is 0 Å². The van der Waals surface area contributed by atoms with Crippen molar-refractivity contribution in [1.29, 1.82) is 0 Å². The molecule has 10 aromatic rings. The average Bonchev–Trinajstić information content (AvgIpc) is 3.62. The number of nitrogens with zero attached hydrogens (tertiary/aromatic N) is 1. The standard InChI is InChI=1S/C47H29NO/c1-3-12-30(13-4-1)33-16-11-17-35(28-33)43-38-18-7-9-20-40(38)44(41-21-10-8-19-39(41)43)36-24-26-37-34(29-36)23-22-31-25-27-42-46(45(31)37)49-47(48-42)32-14-5-2-6-15-32/h1-29H. The van der Waals surface area contributed by atoms with Gasteiger partial charge in [0.15, 0.2) is 5.58 Å². The van der Waals surface area contributed by atoms with Gasteiger partial charge in [-0.2, -0.15) is 0 Å². The van der Waals surface area contributed by atoms with Gasteiger partial charge in [-0.1, -0.05) is 146 Å². The molecule has 0 saturated heterocycles. The minimum atomic E-state index is 0.643. The summed E-state index contributed by atoms with van der Waals surface area (Å²) < 4.78 is 6.49. The normalized spacial score (nSPS) is 11.7. The zero-order valence-corrected chi connectivity index (χ0v) is 26.6. The first-order chi connectivity index (χ1) is 24.3. The summed E-state index contributed by atoms with van der Waals surface area (Å²) in [6, 6.07) is 62.9. The van der Waals surface area contributed by atoms with Gasteiger partial charge in [0, 0.05) is 10.9 Å². The number of hydrogen-bond acceptors (Lipinski definition) is 2. The molecule has 0 unspecified atom stereocenters. The zero-order valence-electron chi connectivity index (χ0n) is 26.6. The van der Waals surface area contributed by atoms with E-state index in [1.807, 2.05) is 30.3 Å². The molecule has 0 amide bonds. The molecule has 0 aliphatic rings. The third-order valence-electron chi connectivity index (χ3n) is 9.85.